The summed E-state index contributed by atoms with van der Waals surface area (Å²) < 4.78 is 0.913. The number of benzene rings is 2. The van der Waals surface area contributed by atoms with Crippen molar-refractivity contribution in [1.29, 1.82) is 0 Å². The van der Waals surface area contributed by atoms with E-state index >= 15 is 0 Å². The molecule has 0 fully saturated rings. The van der Waals surface area contributed by atoms with Gasteiger partial charge in [-0.1, -0.05) is 52.3 Å². The average Bonchev–Trinajstić information content (AvgIpc) is 2.47. The molecule has 0 spiro atoms. The molecule has 0 bridgehead atoms. The molecule has 3 aromatic rings. The molecule has 0 aliphatic rings. The van der Waals surface area contributed by atoms with E-state index in [0.29, 0.717) is 11.5 Å². The highest BCUT2D eigenvalue weighted by molar-refractivity contribution is 9.10. The second-order valence-corrected chi connectivity index (χ2v) is 5.68. The van der Waals surface area contributed by atoms with Crippen molar-refractivity contribution in [2.75, 3.05) is 0 Å². The van der Waals surface area contributed by atoms with Gasteiger partial charge in [-0.2, -0.15) is 0 Å². The number of aryl methyl sites for hydroxylation is 1. The van der Waals surface area contributed by atoms with Crippen molar-refractivity contribution in [2.45, 2.75) is 6.92 Å². The number of hydrogen-bond acceptors (Lipinski definition) is 2. The minimum atomic E-state index is -0.161. The average molecular weight is 341 g/mol. The molecule has 0 atom stereocenters. The Morgan fingerprint density at radius 1 is 1.05 bits per heavy atom. The molecule has 0 unspecified atom stereocenters. The molecule has 1 N–H and O–H groups in total. The summed E-state index contributed by atoms with van der Waals surface area (Å²) in [6.07, 6.45) is 0. The lowest BCUT2D eigenvalue weighted by Gasteiger charge is -2.07. The van der Waals surface area contributed by atoms with Gasteiger partial charge in [0.2, 0.25) is 0 Å². The zero-order valence-electron chi connectivity index (χ0n) is 11.4. The zero-order valence-corrected chi connectivity index (χ0v) is 13.0. The van der Waals surface area contributed by atoms with Crippen LogP contribution in [0.15, 0.2) is 63.9 Å². The van der Waals surface area contributed by atoms with Crippen LogP contribution in [-0.4, -0.2) is 9.97 Å². The Labute approximate surface area is 130 Å². The molecule has 0 amide bonds. The maximum atomic E-state index is 11.9. The molecule has 104 valence electrons. The largest absolute Gasteiger partial charge is 0.306 e. The minimum Gasteiger partial charge on any atom is -0.306 e. The Kier molecular flexibility index (Phi) is 3.71. The van der Waals surface area contributed by atoms with Gasteiger partial charge in [-0.3, -0.25) is 4.79 Å². The maximum Gasteiger partial charge on any atom is 0.251 e. The third kappa shape index (κ3) is 2.95. The van der Waals surface area contributed by atoms with Crippen molar-refractivity contribution in [3.05, 3.63) is 75.0 Å². The van der Waals surface area contributed by atoms with E-state index in [4.69, 9.17) is 0 Å². The van der Waals surface area contributed by atoms with Crippen molar-refractivity contribution in [2.24, 2.45) is 0 Å². The second kappa shape index (κ2) is 5.66. The molecule has 0 saturated carbocycles. The predicted octanol–water partition coefficient (Wildman–Crippen LogP) is 4.17. The van der Waals surface area contributed by atoms with Crippen LogP contribution in [0.4, 0.5) is 0 Å². The van der Waals surface area contributed by atoms with Crippen molar-refractivity contribution in [1.82, 2.24) is 9.97 Å². The van der Waals surface area contributed by atoms with Crippen LogP contribution >= 0.6 is 15.9 Å². The highest BCUT2D eigenvalue weighted by Crippen LogP contribution is 2.27. The third-order valence-corrected chi connectivity index (χ3v) is 3.85. The number of nitrogens with zero attached hydrogens (tertiary/aromatic N) is 1. The summed E-state index contributed by atoms with van der Waals surface area (Å²) in [5.41, 5.74) is 3.45. The molecule has 0 saturated heterocycles. The number of hydrogen-bond donors (Lipinski definition) is 1. The van der Waals surface area contributed by atoms with Crippen LogP contribution in [0.3, 0.4) is 0 Å². The van der Waals surface area contributed by atoms with Crippen LogP contribution in [0.25, 0.3) is 22.6 Å². The quantitative estimate of drug-likeness (QED) is 0.760. The van der Waals surface area contributed by atoms with Gasteiger partial charge in [-0.15, -0.1) is 0 Å². The summed E-state index contributed by atoms with van der Waals surface area (Å²) in [4.78, 5) is 19.3. The molecule has 4 heteroatoms. The lowest BCUT2D eigenvalue weighted by Crippen LogP contribution is -2.08. The first-order valence-corrected chi connectivity index (χ1v) is 7.36. The predicted molar refractivity (Wildman–Crippen MR) is 88.2 cm³/mol. The fourth-order valence-corrected chi connectivity index (χ4v) is 2.84. The number of aromatic nitrogens is 2. The van der Waals surface area contributed by atoms with E-state index in [2.05, 4.69) is 25.9 Å². The van der Waals surface area contributed by atoms with E-state index in [1.54, 1.807) is 0 Å². The van der Waals surface area contributed by atoms with Gasteiger partial charge >= 0.3 is 0 Å². The third-order valence-electron chi connectivity index (χ3n) is 3.19. The summed E-state index contributed by atoms with van der Waals surface area (Å²) in [5.74, 6) is 0.563. The first-order chi connectivity index (χ1) is 10.1. The lowest BCUT2D eigenvalue weighted by molar-refractivity contribution is 1.13. The highest BCUT2D eigenvalue weighted by atomic mass is 79.9. The zero-order chi connectivity index (χ0) is 14.8. The van der Waals surface area contributed by atoms with Crippen LogP contribution in [0.1, 0.15) is 5.56 Å². The molecule has 2 aromatic carbocycles. The van der Waals surface area contributed by atoms with Gasteiger partial charge < -0.3 is 4.98 Å². The topological polar surface area (TPSA) is 45.8 Å². The minimum absolute atomic E-state index is 0.161. The van der Waals surface area contributed by atoms with E-state index in [1.807, 2.05) is 55.5 Å². The van der Waals surface area contributed by atoms with E-state index < -0.39 is 0 Å². The van der Waals surface area contributed by atoms with Crippen LogP contribution < -0.4 is 5.56 Å². The maximum absolute atomic E-state index is 11.9. The number of H-pyrrole nitrogens is 1. The normalized spacial score (nSPS) is 10.6. The lowest BCUT2D eigenvalue weighted by atomic mass is 10.1. The summed E-state index contributed by atoms with van der Waals surface area (Å²) in [5, 5.41) is 0. The molecule has 1 aromatic heterocycles. The smallest absolute Gasteiger partial charge is 0.251 e. The standard InChI is InChI=1S/C17H13BrN2O/c1-11-7-8-13(14(18)9-11)17-19-15(10-16(21)20-17)12-5-3-2-4-6-12/h2-10H,1H3,(H,19,20,21). The summed E-state index contributed by atoms with van der Waals surface area (Å²) in [7, 11) is 0. The Morgan fingerprint density at radius 3 is 2.52 bits per heavy atom. The molecule has 0 radical (unpaired) electrons. The molecule has 0 aliphatic heterocycles. The number of nitrogens with one attached hydrogen (secondary N) is 1. The second-order valence-electron chi connectivity index (χ2n) is 4.83. The Hall–Kier alpha value is -2.20. The van der Waals surface area contributed by atoms with Crippen LogP contribution in [0.5, 0.6) is 0 Å². The van der Waals surface area contributed by atoms with Crippen LogP contribution in [-0.2, 0) is 0 Å². The van der Waals surface area contributed by atoms with Gasteiger partial charge in [0, 0.05) is 21.7 Å². The Bertz CT molecular complexity index is 841. The van der Waals surface area contributed by atoms with E-state index in [9.17, 15) is 4.79 Å². The van der Waals surface area contributed by atoms with Gasteiger partial charge in [0.05, 0.1) is 5.69 Å². The monoisotopic (exact) mass is 340 g/mol. The van der Waals surface area contributed by atoms with Crippen LogP contribution in [0.2, 0.25) is 0 Å². The van der Waals surface area contributed by atoms with Crippen molar-refractivity contribution in [3.63, 3.8) is 0 Å². The van der Waals surface area contributed by atoms with Crippen molar-refractivity contribution < 1.29 is 0 Å². The fraction of sp³-hybridized carbons (Fsp3) is 0.0588. The van der Waals surface area contributed by atoms with Crippen molar-refractivity contribution >= 4 is 15.9 Å². The van der Waals surface area contributed by atoms with Crippen LogP contribution in [0, 0.1) is 6.92 Å². The van der Waals surface area contributed by atoms with Gasteiger partial charge in [0.1, 0.15) is 5.82 Å². The first-order valence-electron chi connectivity index (χ1n) is 6.57. The number of halogens is 1. The summed E-state index contributed by atoms with van der Waals surface area (Å²) in [6.45, 7) is 2.02. The molecule has 3 rings (SSSR count). The van der Waals surface area contributed by atoms with Gasteiger partial charge in [-0.05, 0) is 24.6 Å². The number of aromatic amines is 1. The molecule has 0 aliphatic carbocycles. The molecule has 1 heterocycles. The van der Waals surface area contributed by atoms with Gasteiger partial charge in [0.15, 0.2) is 0 Å². The Balaban J connectivity index is 2.16. The summed E-state index contributed by atoms with van der Waals surface area (Å²) in [6, 6.07) is 17.1. The van der Waals surface area contributed by atoms with E-state index in [0.717, 1.165) is 21.2 Å². The van der Waals surface area contributed by atoms with E-state index in [1.165, 1.54) is 6.07 Å². The van der Waals surface area contributed by atoms with Crippen molar-refractivity contribution in [3.8, 4) is 22.6 Å². The molecular formula is C17H13BrN2O. The van der Waals surface area contributed by atoms with Gasteiger partial charge in [0.25, 0.3) is 5.56 Å². The Morgan fingerprint density at radius 2 is 1.81 bits per heavy atom. The molecule has 21 heavy (non-hydrogen) atoms. The first kappa shape index (κ1) is 13.8. The van der Waals surface area contributed by atoms with Gasteiger partial charge in [-0.25, -0.2) is 4.98 Å². The fourth-order valence-electron chi connectivity index (χ4n) is 2.15. The highest BCUT2D eigenvalue weighted by Gasteiger charge is 2.09. The molecular weight excluding hydrogens is 328 g/mol. The number of rotatable bonds is 2. The van der Waals surface area contributed by atoms with E-state index in [-0.39, 0.29) is 5.56 Å². The SMILES string of the molecule is Cc1ccc(-c2nc(-c3ccccc3)cc(=O)[nH]2)c(Br)c1. The summed E-state index contributed by atoms with van der Waals surface area (Å²) >= 11 is 3.53. The molecule has 3 nitrogen and oxygen atoms in total.